The van der Waals surface area contributed by atoms with Gasteiger partial charge in [0.1, 0.15) is 0 Å². The number of nitrogens with zero attached hydrogens (tertiary/aromatic N) is 2. The summed E-state index contributed by atoms with van der Waals surface area (Å²) >= 11 is 0. The smallest absolute Gasteiger partial charge is 0.200 e. The summed E-state index contributed by atoms with van der Waals surface area (Å²) < 4.78 is 83.8. The summed E-state index contributed by atoms with van der Waals surface area (Å²) in [5, 5.41) is 3.52. The number of hydrogen-bond acceptors (Lipinski definition) is 0. The minimum atomic E-state index is -2.22. The average Bonchev–Trinajstić information content (AvgIpc) is 3.89. The van der Waals surface area contributed by atoms with Gasteiger partial charge in [0.05, 0.1) is 33.3 Å². The van der Waals surface area contributed by atoms with Crippen molar-refractivity contribution in [3.63, 3.8) is 0 Å². The minimum Gasteiger partial charge on any atom is -0.309 e. The van der Waals surface area contributed by atoms with E-state index in [2.05, 4.69) is 36.4 Å². The Balaban J connectivity index is 1.22. The summed E-state index contributed by atoms with van der Waals surface area (Å²) in [6, 6.07) is 67.6. The van der Waals surface area contributed by atoms with Gasteiger partial charge in [0, 0.05) is 32.8 Å². The zero-order valence-corrected chi connectivity index (χ0v) is 36.4. The predicted octanol–water partition coefficient (Wildman–Crippen LogP) is 17.2. The van der Waals surface area contributed by atoms with Crippen LogP contribution in [0.5, 0.6) is 0 Å². The third-order valence-corrected chi connectivity index (χ3v) is 13.2. The highest BCUT2D eigenvalue weighted by Gasteiger charge is 2.30. The van der Waals surface area contributed by atoms with Crippen molar-refractivity contribution in [2.75, 3.05) is 0 Å². The summed E-state index contributed by atoms with van der Waals surface area (Å²) in [7, 11) is 0. The molecule has 12 aromatic rings. The molecule has 0 spiro atoms. The van der Waals surface area contributed by atoms with Crippen molar-refractivity contribution in [3.8, 4) is 67.0 Å². The molecule has 0 aliphatic carbocycles. The monoisotopic (exact) mass is 892 g/mol. The van der Waals surface area contributed by atoms with E-state index in [1.54, 1.807) is 6.07 Å². The van der Waals surface area contributed by atoms with Gasteiger partial charge in [-0.25, -0.2) is 22.0 Å². The second-order valence-electron chi connectivity index (χ2n) is 17.2. The summed E-state index contributed by atoms with van der Waals surface area (Å²) in [4.78, 5) is 0. The molecule has 2 nitrogen and oxygen atoms in total. The van der Waals surface area contributed by atoms with Crippen molar-refractivity contribution in [1.29, 1.82) is 0 Å². The molecule has 2 heterocycles. The van der Waals surface area contributed by atoms with Crippen molar-refractivity contribution >= 4 is 43.6 Å². The molecule has 326 valence electrons. The van der Waals surface area contributed by atoms with Crippen molar-refractivity contribution in [2.24, 2.45) is 0 Å². The second-order valence-corrected chi connectivity index (χ2v) is 17.2. The molecule has 0 fully saturated rings. The van der Waals surface area contributed by atoms with Crippen LogP contribution >= 0.6 is 0 Å². The Morgan fingerprint density at radius 1 is 0.279 bits per heavy atom. The van der Waals surface area contributed by atoms with Crippen LogP contribution in [0, 0.1) is 36.0 Å². The van der Waals surface area contributed by atoms with Gasteiger partial charge < -0.3 is 9.13 Å². The Morgan fingerprint density at radius 3 is 0.897 bits per heavy atom. The first-order chi connectivity index (χ1) is 33.2. The quantitative estimate of drug-likeness (QED) is 0.0857. The zero-order chi connectivity index (χ0) is 46.2. The lowest BCUT2D eigenvalue weighted by molar-refractivity contribution is 0.381. The molecule has 0 N–H and O–H groups in total. The highest BCUT2D eigenvalue weighted by Crippen LogP contribution is 2.45. The van der Waals surface area contributed by atoms with Crippen LogP contribution in [0.15, 0.2) is 206 Å². The lowest BCUT2D eigenvalue weighted by atomic mass is 9.97. The fourth-order valence-electron chi connectivity index (χ4n) is 9.95. The molecule has 12 rings (SSSR count). The molecule has 0 saturated heterocycles. The first-order valence-corrected chi connectivity index (χ1v) is 22.3. The topological polar surface area (TPSA) is 9.86 Å². The molecule has 2 aromatic heterocycles. The van der Waals surface area contributed by atoms with Crippen molar-refractivity contribution < 1.29 is 22.0 Å². The molecular formula is C61H37F5N2. The second kappa shape index (κ2) is 16.1. The molecule has 0 aliphatic heterocycles. The first kappa shape index (κ1) is 40.9. The van der Waals surface area contributed by atoms with Crippen LogP contribution in [0.2, 0.25) is 0 Å². The Morgan fingerprint density at radius 2 is 0.574 bits per heavy atom. The lowest BCUT2D eigenvalue weighted by Gasteiger charge is -2.21. The van der Waals surface area contributed by atoms with E-state index in [1.807, 2.05) is 180 Å². The van der Waals surface area contributed by atoms with Gasteiger partial charge >= 0.3 is 0 Å². The number of aromatic nitrogens is 2. The molecule has 10 aromatic carbocycles. The number of aryl methyl sites for hydroxylation is 1. The Kier molecular flexibility index (Phi) is 9.69. The average molecular weight is 893 g/mol. The van der Waals surface area contributed by atoms with E-state index in [4.69, 9.17) is 0 Å². The van der Waals surface area contributed by atoms with Crippen LogP contribution in [-0.2, 0) is 0 Å². The maximum atomic E-state index is 16.7. The lowest BCUT2D eigenvalue weighted by Crippen LogP contribution is -2.08. The van der Waals surface area contributed by atoms with Crippen molar-refractivity contribution in [1.82, 2.24) is 9.13 Å². The van der Waals surface area contributed by atoms with Crippen LogP contribution in [0.3, 0.4) is 0 Å². The van der Waals surface area contributed by atoms with E-state index in [0.717, 1.165) is 77.1 Å². The molecule has 0 saturated carbocycles. The standard InChI is InChI=1S/C61H37F5N2/c1-36-30-51(68-54-33-43(39-18-10-4-11-19-39)24-28-47(54)48-29-25-44(34-55(48)68)40-20-12-5-13-21-40)49(56-57(62)59(64)61(66)60(65)58(56)63)35-50(36)67-52-31-41(37-14-6-2-7-15-37)22-26-45(52)46-27-23-42(32-53(46)67)38-16-8-3-9-17-38/h2-35H,1H3. The van der Waals surface area contributed by atoms with Crippen LogP contribution < -0.4 is 0 Å². The van der Waals surface area contributed by atoms with Crippen LogP contribution in [0.1, 0.15) is 5.56 Å². The van der Waals surface area contributed by atoms with E-state index in [1.165, 1.54) is 0 Å². The van der Waals surface area contributed by atoms with Crippen LogP contribution in [0.4, 0.5) is 22.0 Å². The van der Waals surface area contributed by atoms with Gasteiger partial charge in [0.25, 0.3) is 0 Å². The minimum absolute atomic E-state index is 0.180. The van der Waals surface area contributed by atoms with Gasteiger partial charge in [0.2, 0.25) is 5.82 Å². The number of hydrogen-bond donors (Lipinski definition) is 0. The molecule has 0 radical (unpaired) electrons. The Hall–Kier alpha value is -8.55. The maximum absolute atomic E-state index is 16.7. The fraction of sp³-hybridized carbons (Fsp3) is 0.0164. The number of rotatable bonds is 7. The highest BCUT2D eigenvalue weighted by molar-refractivity contribution is 6.13. The third-order valence-electron chi connectivity index (χ3n) is 13.2. The largest absolute Gasteiger partial charge is 0.309 e. The highest BCUT2D eigenvalue weighted by atomic mass is 19.2. The van der Waals surface area contributed by atoms with Gasteiger partial charge in [-0.05, 0) is 93.4 Å². The summed E-state index contributed by atoms with van der Waals surface area (Å²) in [6.45, 7) is 1.92. The molecule has 0 amide bonds. The van der Waals surface area contributed by atoms with E-state index in [-0.39, 0.29) is 11.3 Å². The van der Waals surface area contributed by atoms with E-state index >= 15 is 17.6 Å². The number of benzene rings is 10. The van der Waals surface area contributed by atoms with Gasteiger partial charge in [0.15, 0.2) is 23.3 Å². The summed E-state index contributed by atoms with van der Waals surface area (Å²) in [6.07, 6.45) is 0. The molecule has 0 unspecified atom stereocenters. The van der Waals surface area contributed by atoms with Crippen molar-refractivity contribution in [3.05, 3.63) is 241 Å². The molecule has 7 heteroatoms. The summed E-state index contributed by atoms with van der Waals surface area (Å²) in [5.41, 5.74) is 10.7. The molecule has 68 heavy (non-hydrogen) atoms. The fourth-order valence-corrected chi connectivity index (χ4v) is 9.95. The van der Waals surface area contributed by atoms with Gasteiger partial charge in [-0.3, -0.25) is 0 Å². The van der Waals surface area contributed by atoms with E-state index in [0.29, 0.717) is 22.3 Å². The SMILES string of the molecule is Cc1cc(-n2c3cc(-c4ccccc4)ccc3c3ccc(-c4ccccc4)cc32)c(-c2c(F)c(F)c(F)c(F)c2F)cc1-n1c2cc(-c3ccccc3)ccc2c2ccc(-c3ccccc3)cc21. The molecular weight excluding hydrogens is 856 g/mol. The van der Waals surface area contributed by atoms with Gasteiger partial charge in [-0.1, -0.05) is 170 Å². The van der Waals surface area contributed by atoms with E-state index < -0.39 is 34.6 Å². The molecule has 0 aliphatic rings. The Labute approximate surface area is 388 Å². The first-order valence-electron chi connectivity index (χ1n) is 22.3. The predicted molar refractivity (Wildman–Crippen MR) is 267 cm³/mol. The Bertz CT molecular complexity index is 3730. The molecule has 0 atom stereocenters. The van der Waals surface area contributed by atoms with Crippen molar-refractivity contribution in [2.45, 2.75) is 6.92 Å². The van der Waals surface area contributed by atoms with Gasteiger partial charge in [-0.15, -0.1) is 0 Å². The van der Waals surface area contributed by atoms with Crippen LogP contribution in [0.25, 0.3) is 111 Å². The third kappa shape index (κ3) is 6.53. The normalized spacial score (nSPS) is 11.7. The molecule has 0 bridgehead atoms. The van der Waals surface area contributed by atoms with E-state index in [9.17, 15) is 4.39 Å². The maximum Gasteiger partial charge on any atom is 0.200 e. The van der Waals surface area contributed by atoms with Crippen LogP contribution in [-0.4, -0.2) is 9.13 Å². The zero-order valence-electron chi connectivity index (χ0n) is 36.4. The number of fused-ring (bicyclic) bond motifs is 6. The number of halogens is 5. The summed E-state index contributed by atoms with van der Waals surface area (Å²) in [5.74, 6) is -10.1. The van der Waals surface area contributed by atoms with Gasteiger partial charge in [-0.2, -0.15) is 0 Å².